The molecular formula is C20H22BrFN2O4S. The summed E-state index contributed by atoms with van der Waals surface area (Å²) < 4.78 is 47.2. The number of rotatable bonds is 5. The van der Waals surface area contributed by atoms with Crippen LogP contribution in [0.25, 0.3) is 0 Å². The Labute approximate surface area is 178 Å². The molecule has 1 saturated heterocycles. The van der Waals surface area contributed by atoms with E-state index in [0.29, 0.717) is 0 Å². The van der Waals surface area contributed by atoms with E-state index in [4.69, 9.17) is 4.74 Å². The molecule has 3 rings (SSSR count). The lowest BCUT2D eigenvalue weighted by Crippen LogP contribution is -2.41. The van der Waals surface area contributed by atoms with E-state index >= 15 is 0 Å². The first-order chi connectivity index (χ1) is 13.6. The van der Waals surface area contributed by atoms with Gasteiger partial charge in [-0.05, 0) is 49.7 Å². The van der Waals surface area contributed by atoms with Gasteiger partial charge in [0.15, 0.2) is 0 Å². The summed E-state index contributed by atoms with van der Waals surface area (Å²) in [5, 5.41) is 2.71. The molecule has 0 unspecified atom stereocenters. The lowest BCUT2D eigenvalue weighted by molar-refractivity contribution is -0.120. The molecule has 29 heavy (non-hydrogen) atoms. The van der Waals surface area contributed by atoms with Crippen LogP contribution in [-0.2, 0) is 25.0 Å². The zero-order valence-electron chi connectivity index (χ0n) is 16.1. The molecule has 0 saturated carbocycles. The zero-order valence-corrected chi connectivity index (χ0v) is 18.5. The molecule has 0 atom stereocenters. The van der Waals surface area contributed by atoms with E-state index < -0.39 is 26.2 Å². The first-order valence-corrected chi connectivity index (χ1v) is 11.3. The summed E-state index contributed by atoms with van der Waals surface area (Å²) in [6.45, 7) is 4.38. The number of morpholine rings is 1. The van der Waals surface area contributed by atoms with Crippen LogP contribution in [0.15, 0.2) is 51.8 Å². The van der Waals surface area contributed by atoms with Crippen LogP contribution in [0.1, 0.15) is 19.4 Å². The predicted molar refractivity (Wildman–Crippen MR) is 112 cm³/mol. The first-order valence-electron chi connectivity index (χ1n) is 9.07. The minimum Gasteiger partial charge on any atom is -0.379 e. The summed E-state index contributed by atoms with van der Waals surface area (Å²) in [7, 11) is -4.02. The van der Waals surface area contributed by atoms with Crippen molar-refractivity contribution in [2.45, 2.75) is 24.2 Å². The summed E-state index contributed by atoms with van der Waals surface area (Å²) >= 11 is 3.36. The number of amides is 1. The van der Waals surface area contributed by atoms with E-state index in [1.54, 1.807) is 13.8 Å². The average Bonchev–Trinajstić information content (AvgIpc) is 2.70. The van der Waals surface area contributed by atoms with Gasteiger partial charge in [-0.25, -0.2) is 12.8 Å². The molecule has 156 valence electrons. The fraction of sp³-hybridized carbons (Fsp3) is 0.350. The van der Waals surface area contributed by atoms with Gasteiger partial charge >= 0.3 is 0 Å². The van der Waals surface area contributed by atoms with Crippen molar-refractivity contribution >= 4 is 37.5 Å². The lowest BCUT2D eigenvalue weighted by Gasteiger charge is -2.27. The second-order valence-electron chi connectivity index (χ2n) is 7.25. The van der Waals surface area contributed by atoms with Crippen LogP contribution in [0.2, 0.25) is 0 Å². The van der Waals surface area contributed by atoms with Gasteiger partial charge in [0.2, 0.25) is 15.9 Å². The molecule has 0 aromatic heterocycles. The van der Waals surface area contributed by atoms with Gasteiger partial charge in [0.1, 0.15) is 10.7 Å². The van der Waals surface area contributed by atoms with Crippen molar-refractivity contribution in [1.82, 2.24) is 4.31 Å². The zero-order chi connectivity index (χ0) is 21.2. The summed E-state index contributed by atoms with van der Waals surface area (Å²) in [5.74, 6) is -1.19. The van der Waals surface area contributed by atoms with Gasteiger partial charge in [0.25, 0.3) is 0 Å². The van der Waals surface area contributed by atoms with E-state index in [2.05, 4.69) is 21.2 Å². The number of benzene rings is 2. The minimum atomic E-state index is -4.02. The SMILES string of the molecule is CC(C)(C(=O)Nc1ccc(F)c(S(=O)(=O)N2CCOCC2)c1)c1ccc(Br)cc1. The van der Waals surface area contributed by atoms with E-state index in [1.165, 1.54) is 10.4 Å². The quantitative estimate of drug-likeness (QED) is 0.704. The molecule has 1 fully saturated rings. The molecule has 0 spiro atoms. The van der Waals surface area contributed by atoms with E-state index in [9.17, 15) is 17.6 Å². The summed E-state index contributed by atoms with van der Waals surface area (Å²) in [6, 6.07) is 10.9. The van der Waals surface area contributed by atoms with Gasteiger partial charge in [-0.3, -0.25) is 4.79 Å². The van der Waals surface area contributed by atoms with Crippen molar-refractivity contribution < 1.29 is 22.3 Å². The van der Waals surface area contributed by atoms with Crippen LogP contribution in [-0.4, -0.2) is 44.9 Å². The fourth-order valence-corrected chi connectivity index (χ4v) is 4.75. The van der Waals surface area contributed by atoms with E-state index in [0.717, 1.165) is 22.2 Å². The lowest BCUT2D eigenvalue weighted by atomic mass is 9.83. The normalized spacial score (nSPS) is 15.9. The second kappa shape index (κ2) is 8.51. The van der Waals surface area contributed by atoms with Gasteiger partial charge in [-0.1, -0.05) is 28.1 Å². The molecule has 2 aromatic rings. The number of nitrogens with zero attached hydrogens (tertiary/aromatic N) is 1. The highest BCUT2D eigenvalue weighted by Gasteiger charge is 2.32. The molecule has 0 radical (unpaired) electrons. The van der Waals surface area contributed by atoms with Crippen LogP contribution in [0.5, 0.6) is 0 Å². The molecule has 1 amide bonds. The molecular weight excluding hydrogens is 463 g/mol. The van der Waals surface area contributed by atoms with Gasteiger partial charge in [0.05, 0.1) is 18.6 Å². The number of anilines is 1. The number of ether oxygens (including phenoxy) is 1. The highest BCUT2D eigenvalue weighted by atomic mass is 79.9. The van der Waals surface area contributed by atoms with Crippen LogP contribution < -0.4 is 5.32 Å². The van der Waals surface area contributed by atoms with Crippen LogP contribution in [0.4, 0.5) is 10.1 Å². The Kier molecular flexibility index (Phi) is 6.42. The number of carbonyl (C=O) groups excluding carboxylic acids is 1. The first kappa shape index (κ1) is 21.9. The predicted octanol–water partition coefficient (Wildman–Crippen LogP) is 3.53. The highest BCUT2D eigenvalue weighted by molar-refractivity contribution is 9.10. The van der Waals surface area contributed by atoms with Gasteiger partial charge in [-0.2, -0.15) is 4.31 Å². The molecule has 0 bridgehead atoms. The maximum atomic E-state index is 14.3. The molecule has 1 aliphatic rings. The number of halogens is 2. The molecule has 1 aliphatic heterocycles. The number of sulfonamides is 1. The topological polar surface area (TPSA) is 75.7 Å². The Bertz CT molecular complexity index is 1000. The van der Waals surface area contributed by atoms with Crippen LogP contribution >= 0.6 is 15.9 Å². The number of nitrogens with one attached hydrogen (secondary N) is 1. The Balaban J connectivity index is 1.86. The maximum Gasteiger partial charge on any atom is 0.246 e. The van der Waals surface area contributed by atoms with E-state index in [-0.39, 0.29) is 37.9 Å². The van der Waals surface area contributed by atoms with Crippen molar-refractivity contribution in [3.8, 4) is 0 Å². The van der Waals surface area contributed by atoms with Gasteiger partial charge in [0, 0.05) is 23.2 Å². The summed E-state index contributed by atoms with van der Waals surface area (Å²) in [6.07, 6.45) is 0. The Hall–Kier alpha value is -1.81. The molecule has 2 aromatic carbocycles. The molecule has 6 nitrogen and oxygen atoms in total. The second-order valence-corrected chi connectivity index (χ2v) is 10.1. The minimum absolute atomic E-state index is 0.162. The maximum absolute atomic E-state index is 14.3. The molecule has 9 heteroatoms. The summed E-state index contributed by atoms with van der Waals surface area (Å²) in [5.41, 5.74) is 0.133. The Morgan fingerprint density at radius 2 is 1.76 bits per heavy atom. The van der Waals surface area contributed by atoms with Crippen molar-refractivity contribution in [3.05, 3.63) is 58.3 Å². The molecule has 1 heterocycles. The van der Waals surface area contributed by atoms with Crippen molar-refractivity contribution in [2.75, 3.05) is 31.6 Å². The largest absolute Gasteiger partial charge is 0.379 e. The van der Waals surface area contributed by atoms with Crippen LogP contribution in [0, 0.1) is 5.82 Å². The Morgan fingerprint density at radius 1 is 1.14 bits per heavy atom. The fourth-order valence-electron chi connectivity index (χ4n) is 2.99. The molecule has 0 aliphatic carbocycles. The van der Waals surface area contributed by atoms with Crippen LogP contribution in [0.3, 0.4) is 0 Å². The van der Waals surface area contributed by atoms with Crippen molar-refractivity contribution in [1.29, 1.82) is 0 Å². The smallest absolute Gasteiger partial charge is 0.246 e. The molecule has 1 N–H and O–H groups in total. The Morgan fingerprint density at radius 3 is 2.38 bits per heavy atom. The highest BCUT2D eigenvalue weighted by Crippen LogP contribution is 2.28. The number of hydrogen-bond acceptors (Lipinski definition) is 4. The summed E-state index contributed by atoms with van der Waals surface area (Å²) in [4.78, 5) is 12.4. The number of carbonyl (C=O) groups is 1. The third kappa shape index (κ3) is 4.69. The average molecular weight is 485 g/mol. The number of hydrogen-bond donors (Lipinski definition) is 1. The standard InChI is InChI=1S/C20H22BrFN2O4S/c1-20(2,14-3-5-15(21)6-4-14)19(25)23-16-7-8-17(22)18(13-16)29(26,27)24-9-11-28-12-10-24/h3-8,13H,9-12H2,1-2H3,(H,23,25). The van der Waals surface area contributed by atoms with Gasteiger partial charge in [-0.15, -0.1) is 0 Å². The van der Waals surface area contributed by atoms with Crippen molar-refractivity contribution in [2.24, 2.45) is 0 Å². The van der Waals surface area contributed by atoms with Gasteiger partial charge < -0.3 is 10.1 Å². The third-order valence-corrected chi connectivity index (χ3v) is 7.35. The third-order valence-electron chi connectivity index (χ3n) is 4.91. The van der Waals surface area contributed by atoms with Crippen molar-refractivity contribution in [3.63, 3.8) is 0 Å². The monoisotopic (exact) mass is 484 g/mol. The van der Waals surface area contributed by atoms with E-state index in [1.807, 2.05) is 24.3 Å².